The minimum atomic E-state index is -0.372. The van der Waals surface area contributed by atoms with Gasteiger partial charge in [0.15, 0.2) is 11.5 Å². The molecule has 1 heterocycles. The summed E-state index contributed by atoms with van der Waals surface area (Å²) in [5.74, 6) is -0.254. The Bertz CT molecular complexity index is 1500. The van der Waals surface area contributed by atoms with E-state index >= 15 is 0 Å². The Balaban J connectivity index is 1.28. The molecule has 0 aliphatic carbocycles. The van der Waals surface area contributed by atoms with Crippen LogP contribution >= 0.6 is 0 Å². The lowest BCUT2D eigenvalue weighted by Crippen LogP contribution is -2.37. The van der Waals surface area contributed by atoms with Gasteiger partial charge in [0.1, 0.15) is 5.82 Å². The first-order chi connectivity index (χ1) is 19.0. The third-order valence-corrected chi connectivity index (χ3v) is 6.68. The lowest BCUT2D eigenvalue weighted by atomic mass is 10.1. The summed E-state index contributed by atoms with van der Waals surface area (Å²) in [4.78, 5) is 27.7. The zero-order valence-corrected chi connectivity index (χ0v) is 21.6. The van der Waals surface area contributed by atoms with Gasteiger partial charge in [0.05, 0.1) is 12.2 Å². The number of ether oxygens (including phenoxy) is 1. The van der Waals surface area contributed by atoms with Crippen molar-refractivity contribution in [2.45, 2.75) is 32.4 Å². The van der Waals surface area contributed by atoms with Crippen LogP contribution in [0.25, 0.3) is 6.08 Å². The summed E-state index contributed by atoms with van der Waals surface area (Å²) in [5, 5.41) is 3.05. The second-order valence-corrected chi connectivity index (χ2v) is 9.58. The molecule has 0 spiro atoms. The number of anilines is 1. The van der Waals surface area contributed by atoms with Crippen molar-refractivity contribution in [3.63, 3.8) is 0 Å². The maximum Gasteiger partial charge on any atom is 0.294 e. The van der Waals surface area contributed by atoms with E-state index in [-0.39, 0.29) is 36.0 Å². The summed E-state index contributed by atoms with van der Waals surface area (Å²) in [6.45, 7) is 2.07. The highest BCUT2D eigenvalue weighted by Crippen LogP contribution is 2.36. The molecule has 0 saturated carbocycles. The number of nitrogens with zero attached hydrogens (tertiary/aromatic N) is 1. The first kappa shape index (κ1) is 25.9. The molecule has 0 radical (unpaired) electrons. The predicted octanol–water partition coefficient (Wildman–Crippen LogP) is 6.54. The van der Waals surface area contributed by atoms with Crippen molar-refractivity contribution in [2.24, 2.45) is 0 Å². The number of fused-ring (bicyclic) bond motifs is 1. The van der Waals surface area contributed by atoms with Gasteiger partial charge in [-0.15, -0.1) is 0 Å². The topological polar surface area (TPSA) is 58.6 Å². The summed E-state index contributed by atoms with van der Waals surface area (Å²) in [6.07, 6.45) is 3.36. The van der Waals surface area contributed by atoms with E-state index in [1.165, 1.54) is 16.5 Å². The van der Waals surface area contributed by atoms with E-state index in [0.29, 0.717) is 28.1 Å². The highest BCUT2D eigenvalue weighted by atomic mass is 19.1. The van der Waals surface area contributed by atoms with Crippen molar-refractivity contribution in [1.82, 2.24) is 5.32 Å². The van der Waals surface area contributed by atoms with Crippen molar-refractivity contribution in [3.8, 4) is 5.75 Å². The van der Waals surface area contributed by atoms with Gasteiger partial charge in [0.2, 0.25) is 0 Å². The maximum atomic E-state index is 14.4. The van der Waals surface area contributed by atoms with Gasteiger partial charge in [-0.25, -0.2) is 4.39 Å². The molecule has 2 amide bonds. The summed E-state index contributed by atoms with van der Waals surface area (Å²) in [6, 6.07) is 30.8. The van der Waals surface area contributed by atoms with Gasteiger partial charge in [-0.2, -0.15) is 0 Å². The molecule has 196 valence electrons. The highest BCUT2D eigenvalue weighted by Gasteiger charge is 2.30. The predicted molar refractivity (Wildman–Crippen MR) is 151 cm³/mol. The summed E-state index contributed by atoms with van der Waals surface area (Å²) in [7, 11) is 0. The summed E-state index contributed by atoms with van der Waals surface area (Å²) < 4.78 is 20.3. The molecule has 1 N–H and O–H groups in total. The number of hydrogen-bond acceptors (Lipinski definition) is 3. The molecule has 1 atom stereocenters. The Labute approximate surface area is 227 Å². The fourth-order valence-electron chi connectivity index (χ4n) is 4.51. The highest BCUT2D eigenvalue weighted by molar-refractivity contribution is 6.09. The van der Waals surface area contributed by atoms with Crippen LogP contribution < -0.4 is 15.0 Å². The standard InChI is InChI=1S/C33H29FN2O3/c1-23(15-16-24-9-3-2-4-10-24)35-32(37)26-19-17-25(18-20-26)21-31-33(38)36(22-27-11-5-6-12-28(27)34)29-13-7-8-14-30(29)39-31/h2-14,17-21,23H,15-16,22H2,1H3,(H,35,37)/b31-21-/t23-/m1/s1. The van der Waals surface area contributed by atoms with Crippen LogP contribution in [-0.4, -0.2) is 17.9 Å². The molecule has 39 heavy (non-hydrogen) atoms. The number of benzene rings is 4. The minimum absolute atomic E-state index is 0.0215. The fraction of sp³-hybridized carbons (Fsp3) is 0.152. The van der Waals surface area contributed by atoms with Crippen molar-refractivity contribution >= 4 is 23.6 Å². The average Bonchev–Trinajstić information content (AvgIpc) is 2.96. The van der Waals surface area contributed by atoms with Crippen LogP contribution in [0.4, 0.5) is 10.1 Å². The second-order valence-electron chi connectivity index (χ2n) is 9.58. The van der Waals surface area contributed by atoms with Gasteiger partial charge in [-0.05, 0) is 67.3 Å². The molecule has 5 nitrogen and oxygen atoms in total. The fourth-order valence-corrected chi connectivity index (χ4v) is 4.51. The second kappa shape index (κ2) is 11.8. The van der Waals surface area contributed by atoms with Crippen LogP contribution in [0, 0.1) is 5.82 Å². The van der Waals surface area contributed by atoms with Crippen LogP contribution in [-0.2, 0) is 17.8 Å². The maximum absolute atomic E-state index is 14.4. The lowest BCUT2D eigenvalue weighted by Gasteiger charge is -2.30. The van der Waals surface area contributed by atoms with Gasteiger partial charge in [-0.1, -0.05) is 72.8 Å². The zero-order valence-electron chi connectivity index (χ0n) is 21.6. The van der Waals surface area contributed by atoms with Gasteiger partial charge >= 0.3 is 0 Å². The Kier molecular flexibility index (Phi) is 7.83. The van der Waals surface area contributed by atoms with Crippen LogP contribution in [0.2, 0.25) is 0 Å². The first-order valence-electron chi connectivity index (χ1n) is 13.0. The number of hydrogen-bond donors (Lipinski definition) is 1. The molecule has 1 aliphatic rings. The molecular formula is C33H29FN2O3. The van der Waals surface area contributed by atoms with Crippen LogP contribution in [0.15, 0.2) is 109 Å². The molecular weight excluding hydrogens is 491 g/mol. The Morgan fingerprint density at radius 2 is 1.62 bits per heavy atom. The monoisotopic (exact) mass is 520 g/mol. The number of rotatable bonds is 8. The molecule has 0 saturated heterocycles. The number of para-hydroxylation sites is 2. The van der Waals surface area contributed by atoms with Gasteiger partial charge in [0, 0.05) is 17.2 Å². The average molecular weight is 521 g/mol. The van der Waals surface area contributed by atoms with Crippen LogP contribution in [0.1, 0.15) is 40.4 Å². The normalized spacial score (nSPS) is 14.5. The van der Waals surface area contributed by atoms with Crippen molar-refractivity contribution in [2.75, 3.05) is 4.90 Å². The first-order valence-corrected chi connectivity index (χ1v) is 13.0. The zero-order chi connectivity index (χ0) is 27.2. The quantitative estimate of drug-likeness (QED) is 0.268. The lowest BCUT2D eigenvalue weighted by molar-refractivity contribution is -0.117. The van der Waals surface area contributed by atoms with Gasteiger partial charge < -0.3 is 10.1 Å². The van der Waals surface area contributed by atoms with E-state index in [2.05, 4.69) is 17.4 Å². The van der Waals surface area contributed by atoms with E-state index in [1.807, 2.05) is 37.3 Å². The SMILES string of the molecule is C[C@H](CCc1ccccc1)NC(=O)c1ccc(/C=C2\Oc3ccccc3N(Cc3ccccc3F)C2=O)cc1. The van der Waals surface area contributed by atoms with Crippen molar-refractivity contribution < 1.29 is 18.7 Å². The minimum Gasteiger partial charge on any atom is -0.449 e. The molecule has 6 heteroatoms. The Morgan fingerprint density at radius 3 is 2.38 bits per heavy atom. The number of carbonyl (C=O) groups is 2. The molecule has 4 aromatic rings. The van der Waals surface area contributed by atoms with Crippen molar-refractivity contribution in [3.05, 3.63) is 137 Å². The van der Waals surface area contributed by atoms with Crippen LogP contribution in [0.3, 0.4) is 0 Å². The molecule has 0 aromatic heterocycles. The molecule has 4 aromatic carbocycles. The molecule has 1 aliphatic heterocycles. The molecule has 5 rings (SSSR count). The Hall–Kier alpha value is -4.71. The van der Waals surface area contributed by atoms with Crippen LogP contribution in [0.5, 0.6) is 5.75 Å². The largest absolute Gasteiger partial charge is 0.449 e. The number of amides is 2. The van der Waals surface area contributed by atoms with Crippen molar-refractivity contribution in [1.29, 1.82) is 0 Å². The molecule has 0 fully saturated rings. The summed E-state index contributed by atoms with van der Waals surface area (Å²) in [5.41, 5.74) is 3.47. The van der Waals surface area contributed by atoms with E-state index in [1.54, 1.807) is 60.7 Å². The third-order valence-electron chi connectivity index (χ3n) is 6.68. The van der Waals surface area contributed by atoms with E-state index in [4.69, 9.17) is 4.74 Å². The number of carbonyl (C=O) groups excluding carboxylic acids is 2. The number of aryl methyl sites for hydroxylation is 1. The van der Waals surface area contributed by atoms with Gasteiger partial charge in [0.25, 0.3) is 11.8 Å². The van der Waals surface area contributed by atoms with Gasteiger partial charge in [-0.3, -0.25) is 14.5 Å². The van der Waals surface area contributed by atoms with E-state index in [0.717, 1.165) is 12.8 Å². The molecule has 0 unspecified atom stereocenters. The number of halogens is 1. The third kappa shape index (κ3) is 6.24. The summed E-state index contributed by atoms with van der Waals surface area (Å²) >= 11 is 0. The number of nitrogens with one attached hydrogen (secondary N) is 1. The smallest absolute Gasteiger partial charge is 0.294 e. The van der Waals surface area contributed by atoms with E-state index < -0.39 is 0 Å². The molecule has 0 bridgehead atoms. The van der Waals surface area contributed by atoms with E-state index in [9.17, 15) is 14.0 Å². The Morgan fingerprint density at radius 1 is 0.923 bits per heavy atom.